The van der Waals surface area contributed by atoms with E-state index in [9.17, 15) is 14.0 Å². The summed E-state index contributed by atoms with van der Waals surface area (Å²) in [4.78, 5) is 26.8. The monoisotopic (exact) mass is 311 g/mol. The molecule has 0 atom stereocenters. The third-order valence-electron chi connectivity index (χ3n) is 3.46. The van der Waals surface area contributed by atoms with Crippen LogP contribution in [0.3, 0.4) is 0 Å². The normalized spacial score (nSPS) is 10.5. The van der Waals surface area contributed by atoms with E-state index in [2.05, 4.69) is 15.8 Å². The first kappa shape index (κ1) is 14.8. The maximum atomic E-state index is 13.5. The molecule has 116 valence electrons. The van der Waals surface area contributed by atoms with Gasteiger partial charge in [0.25, 0.3) is 5.91 Å². The second-order valence-electron chi connectivity index (χ2n) is 5.02. The number of hydrogen-bond donors (Lipinski definition) is 3. The number of rotatable bonds is 3. The molecular weight excluding hydrogens is 297 g/mol. The lowest BCUT2D eigenvalue weighted by atomic mass is 10.1. The van der Waals surface area contributed by atoms with E-state index < -0.39 is 11.7 Å². The molecule has 0 fully saturated rings. The molecule has 23 heavy (non-hydrogen) atoms. The maximum absolute atomic E-state index is 13.5. The molecule has 3 rings (SSSR count). The number of aromatic nitrogens is 1. The van der Waals surface area contributed by atoms with Crippen LogP contribution in [-0.4, -0.2) is 16.8 Å². The largest absolute Gasteiger partial charge is 0.361 e. The van der Waals surface area contributed by atoms with E-state index in [-0.39, 0.29) is 17.9 Å². The van der Waals surface area contributed by atoms with Crippen molar-refractivity contribution in [3.63, 3.8) is 0 Å². The Hall–Kier alpha value is -3.15. The Labute approximate surface area is 131 Å². The smallest absolute Gasteiger partial charge is 0.272 e. The summed E-state index contributed by atoms with van der Waals surface area (Å²) in [5.74, 6) is -1.73. The van der Waals surface area contributed by atoms with Crippen molar-refractivity contribution in [2.24, 2.45) is 0 Å². The van der Waals surface area contributed by atoms with Gasteiger partial charge in [-0.15, -0.1) is 0 Å². The van der Waals surface area contributed by atoms with Crippen molar-refractivity contribution in [2.75, 3.05) is 0 Å². The number of carbonyl (C=O) groups excluding carboxylic acids is 2. The van der Waals surface area contributed by atoms with Crippen LogP contribution < -0.4 is 10.9 Å². The Morgan fingerprint density at radius 3 is 2.57 bits per heavy atom. The van der Waals surface area contributed by atoms with Crippen molar-refractivity contribution in [1.29, 1.82) is 0 Å². The molecule has 6 heteroatoms. The van der Waals surface area contributed by atoms with E-state index in [0.717, 1.165) is 16.5 Å². The molecule has 2 amide bonds. The third-order valence-corrected chi connectivity index (χ3v) is 3.46. The molecule has 3 aromatic rings. The number of carbonyl (C=O) groups is 2. The molecule has 0 bridgehead atoms. The van der Waals surface area contributed by atoms with Gasteiger partial charge in [-0.05, 0) is 23.8 Å². The molecule has 0 radical (unpaired) electrons. The molecule has 1 aromatic heterocycles. The van der Waals surface area contributed by atoms with Gasteiger partial charge in [0.15, 0.2) is 0 Å². The standard InChI is InChI=1S/C17H14FN3O2/c18-14-7-3-1-6-13(14)17(23)21-20-16(22)9-11-10-19-15-8-4-2-5-12(11)15/h1-8,10,19H,9H2,(H,20,22)(H,21,23). The average Bonchev–Trinajstić information content (AvgIpc) is 2.96. The molecule has 5 nitrogen and oxygen atoms in total. The zero-order valence-corrected chi connectivity index (χ0v) is 12.1. The van der Waals surface area contributed by atoms with Crippen LogP contribution in [0.1, 0.15) is 15.9 Å². The van der Waals surface area contributed by atoms with Crippen molar-refractivity contribution in [3.05, 3.63) is 71.7 Å². The average molecular weight is 311 g/mol. The zero-order chi connectivity index (χ0) is 16.2. The Morgan fingerprint density at radius 2 is 1.74 bits per heavy atom. The van der Waals surface area contributed by atoms with Gasteiger partial charge in [-0.1, -0.05) is 30.3 Å². The topological polar surface area (TPSA) is 74.0 Å². The molecule has 0 unspecified atom stereocenters. The van der Waals surface area contributed by atoms with Crippen LogP contribution in [0.15, 0.2) is 54.7 Å². The van der Waals surface area contributed by atoms with E-state index in [1.54, 1.807) is 12.3 Å². The highest BCUT2D eigenvalue weighted by Crippen LogP contribution is 2.17. The highest BCUT2D eigenvalue weighted by atomic mass is 19.1. The minimum absolute atomic E-state index is 0.0988. The van der Waals surface area contributed by atoms with Crippen molar-refractivity contribution in [2.45, 2.75) is 6.42 Å². The number of para-hydroxylation sites is 1. The summed E-state index contributed by atoms with van der Waals surface area (Å²) in [6.07, 6.45) is 1.85. The van der Waals surface area contributed by atoms with Gasteiger partial charge in [0, 0.05) is 17.1 Å². The molecule has 2 aromatic carbocycles. The molecule has 3 N–H and O–H groups in total. The maximum Gasteiger partial charge on any atom is 0.272 e. The second kappa shape index (κ2) is 6.31. The molecular formula is C17H14FN3O2. The number of amides is 2. The van der Waals surface area contributed by atoms with Crippen molar-refractivity contribution in [1.82, 2.24) is 15.8 Å². The number of fused-ring (bicyclic) bond motifs is 1. The summed E-state index contributed by atoms with van der Waals surface area (Å²) in [7, 11) is 0. The van der Waals surface area contributed by atoms with Gasteiger partial charge in [-0.3, -0.25) is 20.4 Å². The Morgan fingerprint density at radius 1 is 1.00 bits per heavy atom. The van der Waals surface area contributed by atoms with Gasteiger partial charge in [-0.25, -0.2) is 4.39 Å². The molecule has 1 heterocycles. The molecule has 0 aliphatic heterocycles. The summed E-state index contributed by atoms with van der Waals surface area (Å²) < 4.78 is 13.5. The summed E-state index contributed by atoms with van der Waals surface area (Å²) in [6.45, 7) is 0. The Balaban J connectivity index is 1.62. The van der Waals surface area contributed by atoms with E-state index >= 15 is 0 Å². The van der Waals surface area contributed by atoms with Crippen LogP contribution in [-0.2, 0) is 11.2 Å². The minimum Gasteiger partial charge on any atom is -0.361 e. The van der Waals surface area contributed by atoms with E-state index in [1.165, 1.54) is 18.2 Å². The number of H-pyrrole nitrogens is 1. The molecule has 0 saturated carbocycles. The first-order valence-electron chi connectivity index (χ1n) is 7.04. The van der Waals surface area contributed by atoms with Gasteiger partial charge in [0.2, 0.25) is 5.91 Å². The minimum atomic E-state index is -0.699. The van der Waals surface area contributed by atoms with Crippen molar-refractivity contribution in [3.8, 4) is 0 Å². The highest BCUT2D eigenvalue weighted by molar-refractivity contribution is 5.96. The molecule has 0 aliphatic carbocycles. The van der Waals surface area contributed by atoms with Gasteiger partial charge < -0.3 is 4.98 Å². The number of benzene rings is 2. The van der Waals surface area contributed by atoms with Gasteiger partial charge in [0.05, 0.1) is 12.0 Å². The quantitative estimate of drug-likeness (QED) is 0.649. The lowest BCUT2D eigenvalue weighted by Crippen LogP contribution is -2.42. The summed E-state index contributed by atoms with van der Waals surface area (Å²) in [6, 6.07) is 13.2. The molecule has 0 spiro atoms. The number of halogens is 1. The number of nitrogens with one attached hydrogen (secondary N) is 3. The van der Waals surface area contributed by atoms with Crippen molar-refractivity contribution < 1.29 is 14.0 Å². The lowest BCUT2D eigenvalue weighted by Gasteiger charge is -2.07. The third kappa shape index (κ3) is 3.21. The zero-order valence-electron chi connectivity index (χ0n) is 12.1. The predicted octanol–water partition coefficient (Wildman–Crippen LogP) is 2.31. The van der Waals surface area contributed by atoms with Gasteiger partial charge in [-0.2, -0.15) is 0 Å². The number of hydrogen-bond acceptors (Lipinski definition) is 2. The summed E-state index contributed by atoms with van der Waals surface area (Å²) >= 11 is 0. The summed E-state index contributed by atoms with van der Waals surface area (Å²) in [5, 5.41) is 0.947. The first-order valence-corrected chi connectivity index (χ1v) is 7.04. The molecule has 0 aliphatic rings. The van der Waals surface area contributed by atoms with Crippen LogP contribution in [0.4, 0.5) is 4.39 Å². The fraction of sp³-hybridized carbons (Fsp3) is 0.0588. The van der Waals surface area contributed by atoms with Crippen LogP contribution in [0.5, 0.6) is 0 Å². The number of aromatic amines is 1. The van der Waals surface area contributed by atoms with Gasteiger partial charge in [0.1, 0.15) is 5.82 Å². The van der Waals surface area contributed by atoms with Crippen LogP contribution >= 0.6 is 0 Å². The predicted molar refractivity (Wildman–Crippen MR) is 84.0 cm³/mol. The van der Waals surface area contributed by atoms with Crippen LogP contribution in [0.25, 0.3) is 10.9 Å². The van der Waals surface area contributed by atoms with E-state index in [4.69, 9.17) is 0 Å². The SMILES string of the molecule is O=C(Cc1c[nH]c2ccccc12)NNC(=O)c1ccccc1F. The lowest BCUT2D eigenvalue weighted by molar-refractivity contribution is -0.121. The van der Waals surface area contributed by atoms with Gasteiger partial charge >= 0.3 is 0 Å². The first-order chi connectivity index (χ1) is 11.1. The van der Waals surface area contributed by atoms with E-state index in [1.807, 2.05) is 24.3 Å². The van der Waals surface area contributed by atoms with Crippen molar-refractivity contribution >= 4 is 22.7 Å². The summed E-state index contributed by atoms with van der Waals surface area (Å²) in [5.41, 5.74) is 6.13. The Kier molecular flexibility index (Phi) is 4.05. The highest BCUT2D eigenvalue weighted by Gasteiger charge is 2.13. The van der Waals surface area contributed by atoms with Crippen LogP contribution in [0.2, 0.25) is 0 Å². The molecule has 0 saturated heterocycles. The second-order valence-corrected chi connectivity index (χ2v) is 5.02. The number of hydrazine groups is 1. The van der Waals surface area contributed by atoms with E-state index in [0.29, 0.717) is 0 Å². The van der Waals surface area contributed by atoms with Crippen LogP contribution in [0, 0.1) is 5.82 Å². The Bertz CT molecular complexity index is 873. The fourth-order valence-corrected chi connectivity index (χ4v) is 2.33. The fourth-order valence-electron chi connectivity index (χ4n) is 2.33.